The summed E-state index contributed by atoms with van der Waals surface area (Å²) in [5, 5.41) is 6.15. The number of carbonyl (C=O) groups excluding carboxylic acids is 1. The van der Waals surface area contributed by atoms with Crippen LogP contribution in [0.25, 0.3) is 0 Å². The summed E-state index contributed by atoms with van der Waals surface area (Å²) in [6, 6.07) is 3.66. The Bertz CT molecular complexity index is 389. The molecule has 0 radical (unpaired) electrons. The molecule has 0 bridgehead atoms. The third kappa shape index (κ3) is 6.52. The van der Waals surface area contributed by atoms with Gasteiger partial charge in [-0.15, -0.1) is 0 Å². The predicted molar refractivity (Wildman–Crippen MR) is 83.1 cm³/mol. The molecular weight excluding hydrogens is 252 g/mol. The number of amides is 1. The van der Waals surface area contributed by atoms with Crippen molar-refractivity contribution in [2.45, 2.75) is 26.2 Å². The van der Waals surface area contributed by atoms with Crippen molar-refractivity contribution in [3.8, 4) is 0 Å². The summed E-state index contributed by atoms with van der Waals surface area (Å²) in [6.07, 6.45) is 4.86. The van der Waals surface area contributed by atoms with E-state index < -0.39 is 0 Å². The Balaban J connectivity index is 2.34. The molecule has 0 unspecified atom stereocenters. The minimum Gasteiger partial charge on any atom is -0.384 e. The molecule has 2 N–H and O–H groups in total. The second kappa shape index (κ2) is 9.31. The summed E-state index contributed by atoms with van der Waals surface area (Å²) >= 11 is 0. The molecule has 1 heterocycles. The lowest BCUT2D eigenvalue weighted by molar-refractivity contribution is 0.0948. The Kier molecular flexibility index (Phi) is 7.65. The number of anilines is 1. The predicted octanol–water partition coefficient (Wildman–Crippen LogP) is 1.98. The van der Waals surface area contributed by atoms with Crippen molar-refractivity contribution in [1.82, 2.24) is 15.2 Å². The fourth-order valence-corrected chi connectivity index (χ4v) is 1.73. The van der Waals surface area contributed by atoms with Gasteiger partial charge in [0.05, 0.1) is 11.9 Å². The summed E-state index contributed by atoms with van der Waals surface area (Å²) in [4.78, 5) is 18.1. The second-order valence-corrected chi connectivity index (χ2v) is 5.13. The van der Waals surface area contributed by atoms with Crippen LogP contribution >= 0.6 is 0 Å². The van der Waals surface area contributed by atoms with Gasteiger partial charge in [-0.2, -0.15) is 0 Å². The fourth-order valence-electron chi connectivity index (χ4n) is 1.73. The minimum atomic E-state index is -0.0994. The molecule has 0 aliphatic carbocycles. The molecule has 5 heteroatoms. The molecule has 1 aromatic rings. The first-order valence-corrected chi connectivity index (χ1v) is 7.26. The topological polar surface area (TPSA) is 57.3 Å². The molecule has 1 aromatic heterocycles. The average Bonchev–Trinajstić information content (AvgIpc) is 2.44. The average molecular weight is 278 g/mol. The van der Waals surface area contributed by atoms with Crippen molar-refractivity contribution in [3.05, 3.63) is 24.0 Å². The molecule has 112 valence electrons. The molecule has 0 saturated carbocycles. The third-order valence-electron chi connectivity index (χ3n) is 2.92. The molecule has 20 heavy (non-hydrogen) atoms. The zero-order chi connectivity index (χ0) is 14.8. The van der Waals surface area contributed by atoms with Crippen molar-refractivity contribution in [2.24, 2.45) is 0 Å². The van der Waals surface area contributed by atoms with Crippen LogP contribution in [0.4, 0.5) is 5.69 Å². The van der Waals surface area contributed by atoms with Gasteiger partial charge in [0.15, 0.2) is 0 Å². The van der Waals surface area contributed by atoms with Crippen LogP contribution in [0.2, 0.25) is 0 Å². The molecule has 1 amide bonds. The van der Waals surface area contributed by atoms with Gasteiger partial charge in [0.1, 0.15) is 5.69 Å². The summed E-state index contributed by atoms with van der Waals surface area (Å²) in [5.74, 6) is -0.0994. The van der Waals surface area contributed by atoms with Crippen molar-refractivity contribution in [2.75, 3.05) is 39.0 Å². The first-order valence-electron chi connectivity index (χ1n) is 7.26. The maximum absolute atomic E-state index is 11.8. The molecule has 0 aromatic carbocycles. The molecule has 0 aliphatic rings. The highest BCUT2D eigenvalue weighted by atomic mass is 16.1. The molecule has 0 saturated heterocycles. The van der Waals surface area contributed by atoms with Gasteiger partial charge < -0.3 is 15.5 Å². The van der Waals surface area contributed by atoms with E-state index in [9.17, 15) is 4.79 Å². The molecule has 0 fully saturated rings. The highest BCUT2D eigenvalue weighted by Crippen LogP contribution is 2.06. The van der Waals surface area contributed by atoms with E-state index in [1.807, 2.05) is 6.07 Å². The maximum Gasteiger partial charge on any atom is 0.269 e. The minimum absolute atomic E-state index is 0.0994. The standard InChI is InChI=1S/C15H26N4O/c1-4-5-9-17-15(20)14-8-7-13(12-18-14)16-10-6-11-19(2)3/h7-8,12,16H,4-6,9-11H2,1-3H3,(H,17,20). The van der Waals surface area contributed by atoms with Gasteiger partial charge in [-0.1, -0.05) is 13.3 Å². The maximum atomic E-state index is 11.8. The zero-order valence-electron chi connectivity index (χ0n) is 12.8. The van der Waals surface area contributed by atoms with E-state index in [1.54, 1.807) is 12.3 Å². The van der Waals surface area contributed by atoms with E-state index in [2.05, 4.69) is 41.5 Å². The number of unbranched alkanes of at least 4 members (excludes halogenated alkanes) is 1. The van der Waals surface area contributed by atoms with Crippen LogP contribution in [-0.2, 0) is 0 Å². The monoisotopic (exact) mass is 278 g/mol. The Morgan fingerprint density at radius 3 is 2.65 bits per heavy atom. The van der Waals surface area contributed by atoms with Crippen molar-refractivity contribution < 1.29 is 4.79 Å². The van der Waals surface area contributed by atoms with Crippen LogP contribution < -0.4 is 10.6 Å². The van der Waals surface area contributed by atoms with Crippen LogP contribution in [0, 0.1) is 0 Å². The zero-order valence-corrected chi connectivity index (χ0v) is 12.8. The number of carbonyl (C=O) groups is 1. The van der Waals surface area contributed by atoms with Gasteiger partial charge >= 0.3 is 0 Å². The fraction of sp³-hybridized carbons (Fsp3) is 0.600. The lowest BCUT2D eigenvalue weighted by Gasteiger charge is -2.10. The summed E-state index contributed by atoms with van der Waals surface area (Å²) in [5.41, 5.74) is 1.42. The number of nitrogens with zero attached hydrogens (tertiary/aromatic N) is 2. The summed E-state index contributed by atoms with van der Waals surface area (Å²) < 4.78 is 0. The van der Waals surface area contributed by atoms with Gasteiger partial charge in [0, 0.05) is 13.1 Å². The van der Waals surface area contributed by atoms with Gasteiger partial charge in [-0.3, -0.25) is 4.79 Å². The molecule has 0 aliphatic heterocycles. The summed E-state index contributed by atoms with van der Waals surface area (Å²) in [7, 11) is 4.13. The van der Waals surface area contributed by atoms with Crippen LogP contribution in [0.1, 0.15) is 36.7 Å². The Morgan fingerprint density at radius 1 is 1.25 bits per heavy atom. The molecular formula is C15H26N4O. The van der Waals surface area contributed by atoms with E-state index in [4.69, 9.17) is 0 Å². The number of nitrogens with one attached hydrogen (secondary N) is 2. The molecule has 1 rings (SSSR count). The number of aromatic nitrogens is 1. The number of rotatable bonds is 9. The van der Waals surface area contributed by atoms with Gasteiger partial charge in [-0.05, 0) is 45.6 Å². The van der Waals surface area contributed by atoms with Gasteiger partial charge in [-0.25, -0.2) is 4.98 Å². The Hall–Kier alpha value is -1.62. The van der Waals surface area contributed by atoms with E-state index in [0.717, 1.165) is 38.0 Å². The normalized spacial score (nSPS) is 10.6. The number of pyridine rings is 1. The smallest absolute Gasteiger partial charge is 0.269 e. The highest BCUT2D eigenvalue weighted by Gasteiger charge is 2.05. The van der Waals surface area contributed by atoms with Crippen LogP contribution in [0.15, 0.2) is 18.3 Å². The van der Waals surface area contributed by atoms with Crippen molar-refractivity contribution in [3.63, 3.8) is 0 Å². The quantitative estimate of drug-likeness (QED) is 0.678. The lowest BCUT2D eigenvalue weighted by Crippen LogP contribution is -2.25. The Morgan fingerprint density at radius 2 is 2.05 bits per heavy atom. The molecule has 0 atom stereocenters. The van der Waals surface area contributed by atoms with Gasteiger partial charge in [0.25, 0.3) is 5.91 Å². The van der Waals surface area contributed by atoms with Crippen molar-refractivity contribution in [1.29, 1.82) is 0 Å². The lowest BCUT2D eigenvalue weighted by atomic mass is 10.3. The third-order valence-corrected chi connectivity index (χ3v) is 2.92. The highest BCUT2D eigenvalue weighted by molar-refractivity contribution is 5.92. The number of hydrogen-bond donors (Lipinski definition) is 2. The van der Waals surface area contributed by atoms with E-state index in [1.165, 1.54) is 0 Å². The first-order chi connectivity index (χ1) is 9.63. The first kappa shape index (κ1) is 16.4. The Labute approximate surface area is 121 Å². The largest absolute Gasteiger partial charge is 0.384 e. The van der Waals surface area contributed by atoms with Gasteiger partial charge in [0.2, 0.25) is 0 Å². The van der Waals surface area contributed by atoms with E-state index in [-0.39, 0.29) is 5.91 Å². The molecule has 0 spiro atoms. The second-order valence-electron chi connectivity index (χ2n) is 5.13. The van der Waals surface area contributed by atoms with Crippen molar-refractivity contribution >= 4 is 11.6 Å². The molecule has 5 nitrogen and oxygen atoms in total. The van der Waals surface area contributed by atoms with Crippen LogP contribution in [-0.4, -0.2) is 49.5 Å². The summed E-state index contributed by atoms with van der Waals surface area (Å²) in [6.45, 7) is 4.77. The SMILES string of the molecule is CCCCNC(=O)c1ccc(NCCCN(C)C)cn1. The van der Waals surface area contributed by atoms with Crippen LogP contribution in [0.5, 0.6) is 0 Å². The van der Waals surface area contributed by atoms with E-state index >= 15 is 0 Å². The van der Waals surface area contributed by atoms with Crippen LogP contribution in [0.3, 0.4) is 0 Å². The number of hydrogen-bond acceptors (Lipinski definition) is 4. The van der Waals surface area contributed by atoms with E-state index in [0.29, 0.717) is 12.2 Å².